The highest BCUT2D eigenvalue weighted by Crippen LogP contribution is 2.35. The fourth-order valence-electron chi connectivity index (χ4n) is 3.81. The second kappa shape index (κ2) is 7.41. The number of hydrogen-bond donors (Lipinski definition) is 0. The SMILES string of the molecule is Cc1cnc(C2CCC(C(=O)OC3CCC(C)CC3)CC2)nc1. The van der Waals surface area contributed by atoms with Crippen molar-refractivity contribution in [1.82, 2.24) is 9.97 Å². The van der Waals surface area contributed by atoms with Crippen LogP contribution in [0.5, 0.6) is 0 Å². The van der Waals surface area contributed by atoms with Gasteiger partial charge in [0.15, 0.2) is 0 Å². The zero-order valence-electron chi connectivity index (χ0n) is 14.3. The first-order valence-corrected chi connectivity index (χ1v) is 9.11. The molecule has 0 aromatic carbocycles. The van der Waals surface area contributed by atoms with Gasteiger partial charge in [0.1, 0.15) is 11.9 Å². The maximum Gasteiger partial charge on any atom is 0.309 e. The molecule has 0 radical (unpaired) electrons. The van der Waals surface area contributed by atoms with Gasteiger partial charge in [-0.05, 0) is 69.8 Å². The van der Waals surface area contributed by atoms with Gasteiger partial charge < -0.3 is 4.74 Å². The molecule has 0 bridgehead atoms. The molecule has 2 aliphatic rings. The van der Waals surface area contributed by atoms with E-state index in [9.17, 15) is 4.79 Å². The fourth-order valence-corrected chi connectivity index (χ4v) is 3.81. The molecular weight excluding hydrogens is 288 g/mol. The predicted molar refractivity (Wildman–Crippen MR) is 89.0 cm³/mol. The maximum absolute atomic E-state index is 12.4. The van der Waals surface area contributed by atoms with Crippen LogP contribution in [0.3, 0.4) is 0 Å². The molecule has 4 heteroatoms. The molecule has 1 heterocycles. The highest BCUT2D eigenvalue weighted by atomic mass is 16.5. The molecule has 126 valence electrons. The minimum atomic E-state index is 0.0350. The topological polar surface area (TPSA) is 52.1 Å². The summed E-state index contributed by atoms with van der Waals surface area (Å²) in [6.07, 6.45) is 12.2. The summed E-state index contributed by atoms with van der Waals surface area (Å²) in [6.45, 7) is 4.29. The number of ether oxygens (including phenoxy) is 1. The Morgan fingerprint density at radius 3 is 2.22 bits per heavy atom. The minimum Gasteiger partial charge on any atom is -0.462 e. The Morgan fingerprint density at radius 2 is 1.61 bits per heavy atom. The zero-order valence-corrected chi connectivity index (χ0v) is 14.3. The molecule has 0 spiro atoms. The lowest BCUT2D eigenvalue weighted by Gasteiger charge is -2.30. The number of hydrogen-bond acceptors (Lipinski definition) is 4. The molecule has 0 unspecified atom stereocenters. The van der Waals surface area contributed by atoms with Gasteiger partial charge in [0.2, 0.25) is 0 Å². The van der Waals surface area contributed by atoms with Crippen molar-refractivity contribution in [2.24, 2.45) is 11.8 Å². The molecule has 4 nitrogen and oxygen atoms in total. The van der Waals surface area contributed by atoms with E-state index in [-0.39, 0.29) is 18.0 Å². The Morgan fingerprint density at radius 1 is 1.00 bits per heavy atom. The van der Waals surface area contributed by atoms with Crippen molar-refractivity contribution in [2.75, 3.05) is 0 Å². The summed E-state index contributed by atoms with van der Waals surface area (Å²) in [7, 11) is 0. The molecule has 0 atom stereocenters. The van der Waals surface area contributed by atoms with Crippen LogP contribution in [0.2, 0.25) is 0 Å². The summed E-state index contributed by atoms with van der Waals surface area (Å²) < 4.78 is 5.77. The highest BCUT2D eigenvalue weighted by Gasteiger charge is 2.31. The summed E-state index contributed by atoms with van der Waals surface area (Å²) in [5, 5.41) is 0. The lowest BCUT2D eigenvalue weighted by molar-refractivity contribution is -0.157. The zero-order chi connectivity index (χ0) is 16.2. The first-order chi connectivity index (χ1) is 11.1. The van der Waals surface area contributed by atoms with E-state index in [0.717, 1.165) is 55.8 Å². The minimum absolute atomic E-state index is 0.0350. The molecular formula is C19H28N2O2. The van der Waals surface area contributed by atoms with Crippen LogP contribution >= 0.6 is 0 Å². The van der Waals surface area contributed by atoms with Gasteiger partial charge in [0.05, 0.1) is 5.92 Å². The van der Waals surface area contributed by atoms with Crippen LogP contribution in [0.4, 0.5) is 0 Å². The van der Waals surface area contributed by atoms with Crippen molar-refractivity contribution in [3.63, 3.8) is 0 Å². The average molecular weight is 316 g/mol. The Balaban J connectivity index is 1.46. The van der Waals surface area contributed by atoms with Gasteiger partial charge in [0, 0.05) is 18.3 Å². The summed E-state index contributed by atoms with van der Waals surface area (Å²) >= 11 is 0. The van der Waals surface area contributed by atoms with Gasteiger partial charge in [0.25, 0.3) is 0 Å². The fraction of sp³-hybridized carbons (Fsp3) is 0.737. The van der Waals surface area contributed by atoms with Gasteiger partial charge in [-0.1, -0.05) is 6.92 Å². The van der Waals surface area contributed by atoms with E-state index in [1.54, 1.807) is 0 Å². The summed E-state index contributed by atoms with van der Waals surface area (Å²) in [6, 6.07) is 0. The second-order valence-electron chi connectivity index (χ2n) is 7.49. The number of carbonyl (C=O) groups excluding carboxylic acids is 1. The van der Waals surface area contributed by atoms with Gasteiger partial charge in [-0.2, -0.15) is 0 Å². The number of nitrogens with zero attached hydrogens (tertiary/aromatic N) is 2. The molecule has 2 fully saturated rings. The lowest BCUT2D eigenvalue weighted by Crippen LogP contribution is -2.29. The Labute approximate surface area is 139 Å². The molecule has 1 aromatic rings. The second-order valence-corrected chi connectivity index (χ2v) is 7.49. The average Bonchev–Trinajstić information content (AvgIpc) is 2.58. The smallest absolute Gasteiger partial charge is 0.309 e. The predicted octanol–water partition coefficient (Wildman–Crippen LogP) is 4.18. The van der Waals surface area contributed by atoms with E-state index in [1.807, 2.05) is 19.3 Å². The molecule has 2 saturated carbocycles. The van der Waals surface area contributed by atoms with E-state index in [2.05, 4.69) is 16.9 Å². The molecule has 1 aromatic heterocycles. The monoisotopic (exact) mass is 316 g/mol. The van der Waals surface area contributed by atoms with Crippen molar-refractivity contribution in [3.8, 4) is 0 Å². The van der Waals surface area contributed by atoms with Gasteiger partial charge in [-0.3, -0.25) is 4.79 Å². The van der Waals surface area contributed by atoms with Crippen molar-refractivity contribution in [3.05, 3.63) is 23.8 Å². The number of rotatable bonds is 3. The molecule has 3 rings (SSSR count). The molecule has 0 N–H and O–H groups in total. The van der Waals surface area contributed by atoms with Crippen LogP contribution in [0, 0.1) is 18.8 Å². The molecule has 0 amide bonds. The Kier molecular flexibility index (Phi) is 5.29. The maximum atomic E-state index is 12.4. The van der Waals surface area contributed by atoms with Gasteiger partial charge >= 0.3 is 5.97 Å². The molecule has 0 saturated heterocycles. The Hall–Kier alpha value is -1.45. The summed E-state index contributed by atoms with van der Waals surface area (Å²) in [5.41, 5.74) is 1.09. The Bertz CT molecular complexity index is 513. The van der Waals surface area contributed by atoms with Crippen molar-refractivity contribution in [1.29, 1.82) is 0 Å². The van der Waals surface area contributed by atoms with Crippen molar-refractivity contribution < 1.29 is 9.53 Å². The standard InChI is InChI=1S/C19H28N2O2/c1-13-3-9-17(10-4-13)23-19(22)16-7-5-15(6-8-16)18-20-11-14(2)12-21-18/h11-13,15-17H,3-10H2,1-2H3. The van der Waals surface area contributed by atoms with Crippen LogP contribution in [-0.4, -0.2) is 22.0 Å². The largest absolute Gasteiger partial charge is 0.462 e. The lowest BCUT2D eigenvalue weighted by atomic mass is 9.81. The third-order valence-corrected chi connectivity index (χ3v) is 5.47. The van der Waals surface area contributed by atoms with E-state index < -0.39 is 0 Å². The third-order valence-electron chi connectivity index (χ3n) is 5.47. The first-order valence-electron chi connectivity index (χ1n) is 9.11. The summed E-state index contributed by atoms with van der Waals surface area (Å²) in [5.74, 6) is 2.23. The van der Waals surface area contributed by atoms with E-state index in [0.29, 0.717) is 5.92 Å². The highest BCUT2D eigenvalue weighted by molar-refractivity contribution is 5.72. The molecule has 2 aliphatic carbocycles. The number of esters is 1. The number of carbonyl (C=O) groups is 1. The van der Waals surface area contributed by atoms with Crippen LogP contribution < -0.4 is 0 Å². The van der Waals surface area contributed by atoms with Crippen LogP contribution in [-0.2, 0) is 9.53 Å². The van der Waals surface area contributed by atoms with E-state index in [4.69, 9.17) is 4.74 Å². The van der Waals surface area contributed by atoms with Crippen LogP contribution in [0.15, 0.2) is 12.4 Å². The number of aryl methyl sites for hydroxylation is 1. The van der Waals surface area contributed by atoms with Crippen molar-refractivity contribution >= 4 is 5.97 Å². The van der Waals surface area contributed by atoms with E-state index in [1.165, 1.54) is 12.8 Å². The van der Waals surface area contributed by atoms with Crippen LogP contribution in [0.1, 0.15) is 75.6 Å². The van der Waals surface area contributed by atoms with Crippen LogP contribution in [0.25, 0.3) is 0 Å². The van der Waals surface area contributed by atoms with E-state index >= 15 is 0 Å². The van der Waals surface area contributed by atoms with Gasteiger partial charge in [-0.25, -0.2) is 9.97 Å². The first kappa shape index (κ1) is 16.4. The number of aromatic nitrogens is 2. The molecule has 0 aliphatic heterocycles. The molecule has 23 heavy (non-hydrogen) atoms. The quantitative estimate of drug-likeness (QED) is 0.785. The van der Waals surface area contributed by atoms with Crippen molar-refractivity contribution in [2.45, 2.75) is 77.2 Å². The normalized spacial score (nSPS) is 31.6. The third kappa shape index (κ3) is 4.30. The summed E-state index contributed by atoms with van der Waals surface area (Å²) in [4.78, 5) is 21.3. The van der Waals surface area contributed by atoms with Gasteiger partial charge in [-0.15, -0.1) is 0 Å².